The molecule has 1 aliphatic heterocycles. The van der Waals surface area contributed by atoms with Crippen LogP contribution >= 0.6 is 0 Å². The number of amides is 2. The van der Waals surface area contributed by atoms with Gasteiger partial charge >= 0.3 is 11.8 Å². The Morgan fingerprint density at radius 3 is 2.69 bits per heavy atom. The second-order valence-corrected chi connectivity index (χ2v) is 6.82. The molecule has 7 heteroatoms. The lowest BCUT2D eigenvalue weighted by Gasteiger charge is -2.38. The largest absolute Gasteiger partial charge is 0.383 e. The molecule has 0 radical (unpaired) electrons. The quantitative estimate of drug-likeness (QED) is 0.807. The Labute approximate surface area is 152 Å². The minimum absolute atomic E-state index is 0.112. The van der Waals surface area contributed by atoms with Crippen LogP contribution in [0.1, 0.15) is 36.9 Å². The Balaban J connectivity index is 1.78. The van der Waals surface area contributed by atoms with Crippen LogP contribution in [0.2, 0.25) is 0 Å². The van der Waals surface area contributed by atoms with Crippen molar-refractivity contribution in [2.75, 3.05) is 17.6 Å². The molecule has 7 nitrogen and oxygen atoms in total. The van der Waals surface area contributed by atoms with E-state index < -0.39 is 11.8 Å². The van der Waals surface area contributed by atoms with Crippen LogP contribution in [0.5, 0.6) is 0 Å². The molecule has 0 unspecified atom stereocenters. The van der Waals surface area contributed by atoms with E-state index in [-0.39, 0.29) is 6.04 Å². The van der Waals surface area contributed by atoms with E-state index in [4.69, 9.17) is 5.73 Å². The number of likely N-dealkylation sites (tertiary alicyclic amines) is 1. The van der Waals surface area contributed by atoms with Gasteiger partial charge in [0, 0.05) is 18.9 Å². The van der Waals surface area contributed by atoms with E-state index in [1.165, 1.54) is 6.20 Å². The topological polar surface area (TPSA) is 101 Å². The van der Waals surface area contributed by atoms with Crippen molar-refractivity contribution >= 4 is 23.3 Å². The minimum atomic E-state index is -0.663. The Kier molecular flexibility index (Phi) is 5.16. The average Bonchev–Trinajstić information content (AvgIpc) is 2.64. The molecule has 3 rings (SSSR count). The zero-order chi connectivity index (χ0) is 18.7. The molecule has 3 N–H and O–H groups in total. The second kappa shape index (κ2) is 7.51. The SMILES string of the molecule is Cc1cc(NC(=O)C(=O)N2C[C@H](C)CC[C@H]2c2ccncc2)cnc1N. The molecule has 1 fully saturated rings. The smallest absolute Gasteiger partial charge is 0.313 e. The number of nitrogens with zero attached hydrogens (tertiary/aromatic N) is 3. The maximum absolute atomic E-state index is 12.8. The van der Waals surface area contributed by atoms with Gasteiger partial charge in [-0.3, -0.25) is 14.6 Å². The first-order valence-corrected chi connectivity index (χ1v) is 8.69. The number of nitrogens with two attached hydrogens (primary N) is 1. The maximum atomic E-state index is 12.8. The lowest BCUT2D eigenvalue weighted by atomic mass is 9.90. The van der Waals surface area contributed by atoms with E-state index in [0.29, 0.717) is 24.0 Å². The van der Waals surface area contributed by atoms with E-state index in [1.807, 2.05) is 12.1 Å². The van der Waals surface area contributed by atoms with Crippen molar-refractivity contribution in [3.05, 3.63) is 47.9 Å². The number of carbonyl (C=O) groups excluding carboxylic acids is 2. The van der Waals surface area contributed by atoms with Gasteiger partial charge in [0.25, 0.3) is 0 Å². The molecule has 2 atom stereocenters. The number of hydrogen-bond donors (Lipinski definition) is 2. The molecule has 2 amide bonds. The van der Waals surface area contributed by atoms with Gasteiger partial charge in [0.15, 0.2) is 0 Å². The van der Waals surface area contributed by atoms with Crippen molar-refractivity contribution in [1.29, 1.82) is 0 Å². The fourth-order valence-electron chi connectivity index (χ4n) is 3.28. The fourth-order valence-corrected chi connectivity index (χ4v) is 3.28. The zero-order valence-electron chi connectivity index (χ0n) is 15.0. The predicted molar refractivity (Wildman–Crippen MR) is 99.1 cm³/mol. The first-order chi connectivity index (χ1) is 12.5. The van der Waals surface area contributed by atoms with E-state index >= 15 is 0 Å². The number of aryl methyl sites for hydroxylation is 1. The van der Waals surface area contributed by atoms with Gasteiger partial charge in [-0.05, 0) is 55.0 Å². The van der Waals surface area contributed by atoms with Crippen LogP contribution in [-0.4, -0.2) is 33.2 Å². The molecule has 0 bridgehead atoms. The van der Waals surface area contributed by atoms with Crippen molar-refractivity contribution < 1.29 is 9.59 Å². The third-order valence-electron chi connectivity index (χ3n) is 4.74. The van der Waals surface area contributed by atoms with Gasteiger partial charge in [-0.15, -0.1) is 0 Å². The Bertz CT molecular complexity index is 809. The molecular weight excluding hydrogens is 330 g/mol. The summed E-state index contributed by atoms with van der Waals surface area (Å²) in [5, 5.41) is 2.63. The van der Waals surface area contributed by atoms with Crippen molar-refractivity contribution in [2.45, 2.75) is 32.7 Å². The summed E-state index contributed by atoms with van der Waals surface area (Å²) in [5.74, 6) is -0.445. The average molecular weight is 353 g/mol. The summed E-state index contributed by atoms with van der Waals surface area (Å²) in [5.41, 5.74) is 7.89. The molecule has 2 aromatic heterocycles. The van der Waals surface area contributed by atoms with E-state index in [2.05, 4.69) is 22.2 Å². The first-order valence-electron chi connectivity index (χ1n) is 8.69. The van der Waals surface area contributed by atoms with Gasteiger partial charge in [-0.2, -0.15) is 0 Å². The number of hydrogen-bond acceptors (Lipinski definition) is 5. The van der Waals surface area contributed by atoms with Crippen LogP contribution in [0.3, 0.4) is 0 Å². The first kappa shape index (κ1) is 17.8. The molecule has 136 valence electrons. The van der Waals surface area contributed by atoms with Crippen LogP contribution in [0.25, 0.3) is 0 Å². The molecule has 26 heavy (non-hydrogen) atoms. The molecule has 2 aromatic rings. The zero-order valence-corrected chi connectivity index (χ0v) is 15.0. The standard InChI is InChI=1S/C19H23N5O2/c1-12-3-4-16(14-5-7-21-8-6-14)24(11-12)19(26)18(25)23-15-9-13(2)17(20)22-10-15/h5-10,12,16H,3-4,11H2,1-2H3,(H2,20,22)(H,23,25)/t12-,16+/m1/s1. The normalized spacial score (nSPS) is 19.8. The summed E-state index contributed by atoms with van der Waals surface area (Å²) in [6, 6.07) is 5.38. The number of aromatic nitrogens is 2. The summed E-state index contributed by atoms with van der Waals surface area (Å²) in [6.45, 7) is 4.44. The summed E-state index contributed by atoms with van der Waals surface area (Å²) < 4.78 is 0. The molecule has 3 heterocycles. The number of nitrogens with one attached hydrogen (secondary N) is 1. The van der Waals surface area contributed by atoms with Crippen LogP contribution in [0, 0.1) is 12.8 Å². The summed E-state index contributed by atoms with van der Waals surface area (Å²) in [6.07, 6.45) is 6.71. The van der Waals surface area contributed by atoms with Gasteiger partial charge in [0.2, 0.25) is 0 Å². The number of anilines is 2. The number of rotatable bonds is 2. The molecular formula is C19H23N5O2. The van der Waals surface area contributed by atoms with Crippen molar-refractivity contribution in [3.63, 3.8) is 0 Å². The molecule has 1 saturated heterocycles. The van der Waals surface area contributed by atoms with Gasteiger partial charge in [0.05, 0.1) is 17.9 Å². The Morgan fingerprint density at radius 2 is 2.00 bits per heavy atom. The molecule has 0 aliphatic carbocycles. The number of nitrogen functional groups attached to an aromatic ring is 1. The highest BCUT2D eigenvalue weighted by atomic mass is 16.2. The number of carbonyl (C=O) groups is 2. The van der Waals surface area contributed by atoms with Crippen LogP contribution < -0.4 is 11.1 Å². The molecule has 0 saturated carbocycles. The molecule has 0 aromatic carbocycles. The maximum Gasteiger partial charge on any atom is 0.313 e. The summed E-state index contributed by atoms with van der Waals surface area (Å²) in [4.78, 5) is 35.1. The Morgan fingerprint density at radius 1 is 1.27 bits per heavy atom. The highest BCUT2D eigenvalue weighted by Gasteiger charge is 2.34. The Hall–Kier alpha value is -2.96. The van der Waals surface area contributed by atoms with E-state index in [9.17, 15) is 9.59 Å². The lowest BCUT2D eigenvalue weighted by molar-refractivity contribution is -0.146. The third-order valence-corrected chi connectivity index (χ3v) is 4.74. The van der Waals surface area contributed by atoms with E-state index in [0.717, 1.165) is 24.0 Å². The predicted octanol–water partition coefficient (Wildman–Crippen LogP) is 2.31. The van der Waals surface area contributed by atoms with Crippen LogP contribution in [-0.2, 0) is 9.59 Å². The van der Waals surface area contributed by atoms with Gasteiger partial charge in [0.1, 0.15) is 5.82 Å². The van der Waals surface area contributed by atoms with Crippen LogP contribution in [0.15, 0.2) is 36.8 Å². The van der Waals surface area contributed by atoms with Gasteiger partial charge in [-0.25, -0.2) is 4.98 Å². The monoisotopic (exact) mass is 353 g/mol. The lowest BCUT2D eigenvalue weighted by Crippen LogP contribution is -2.46. The van der Waals surface area contributed by atoms with Crippen LogP contribution in [0.4, 0.5) is 11.5 Å². The van der Waals surface area contributed by atoms with Gasteiger partial charge in [-0.1, -0.05) is 6.92 Å². The van der Waals surface area contributed by atoms with Crippen molar-refractivity contribution in [1.82, 2.24) is 14.9 Å². The number of piperidine rings is 1. The minimum Gasteiger partial charge on any atom is -0.383 e. The summed E-state index contributed by atoms with van der Waals surface area (Å²) in [7, 11) is 0. The number of pyridine rings is 2. The van der Waals surface area contributed by atoms with Crippen molar-refractivity contribution in [2.24, 2.45) is 5.92 Å². The summed E-state index contributed by atoms with van der Waals surface area (Å²) >= 11 is 0. The molecule has 1 aliphatic rings. The van der Waals surface area contributed by atoms with E-state index in [1.54, 1.807) is 30.3 Å². The fraction of sp³-hybridized carbons (Fsp3) is 0.368. The molecule has 0 spiro atoms. The van der Waals surface area contributed by atoms with Crippen molar-refractivity contribution in [3.8, 4) is 0 Å². The highest BCUT2D eigenvalue weighted by Crippen LogP contribution is 2.33. The highest BCUT2D eigenvalue weighted by molar-refractivity contribution is 6.39. The third kappa shape index (κ3) is 3.82. The second-order valence-electron chi connectivity index (χ2n) is 6.82. The van der Waals surface area contributed by atoms with Gasteiger partial charge < -0.3 is 16.0 Å².